The van der Waals surface area contributed by atoms with Crippen LogP contribution in [0.2, 0.25) is 0 Å². The number of sulfonamides is 1. The predicted octanol–water partition coefficient (Wildman–Crippen LogP) is 5.50. The fourth-order valence-electron chi connectivity index (χ4n) is 6.11. The monoisotopic (exact) mass is 592 g/mol. The van der Waals surface area contributed by atoms with Crippen molar-refractivity contribution in [2.45, 2.75) is 89.8 Å². The van der Waals surface area contributed by atoms with E-state index in [-0.39, 0.29) is 58.4 Å². The molecule has 1 fully saturated rings. The highest BCUT2D eigenvalue weighted by Gasteiger charge is 2.37. The van der Waals surface area contributed by atoms with Crippen LogP contribution < -0.4 is 9.46 Å². The first kappa shape index (κ1) is 30.0. The molecule has 1 aliphatic carbocycles. The third-order valence-corrected chi connectivity index (χ3v) is 9.34. The third-order valence-electron chi connectivity index (χ3n) is 8.02. The minimum atomic E-state index is -4.13. The second kappa shape index (κ2) is 11.6. The molecule has 0 unspecified atom stereocenters. The lowest BCUT2D eigenvalue weighted by Crippen LogP contribution is -2.52. The number of amides is 1. The number of fused-ring (bicyclic) bond motifs is 4. The van der Waals surface area contributed by atoms with Crippen molar-refractivity contribution in [3.05, 3.63) is 65.2 Å². The van der Waals surface area contributed by atoms with Crippen LogP contribution in [0.25, 0.3) is 11.3 Å². The average Bonchev–Trinajstić information content (AvgIpc) is 2.91. The molecule has 9 nitrogen and oxygen atoms in total. The molecule has 2 heterocycles. The molecular formula is C32H40N4O5S. The maximum Gasteiger partial charge on any atom is 0.264 e. The van der Waals surface area contributed by atoms with Gasteiger partial charge in [0, 0.05) is 23.2 Å². The van der Waals surface area contributed by atoms with Crippen molar-refractivity contribution in [1.82, 2.24) is 14.9 Å². The molecule has 0 radical (unpaired) electrons. The van der Waals surface area contributed by atoms with Gasteiger partial charge in [-0.1, -0.05) is 45.0 Å². The predicted molar refractivity (Wildman–Crippen MR) is 162 cm³/mol. The Labute approximate surface area is 248 Å². The molecule has 1 amide bonds. The Hall–Kier alpha value is -3.50. The van der Waals surface area contributed by atoms with Gasteiger partial charge in [0.15, 0.2) is 0 Å². The molecule has 3 aromatic rings. The largest absolute Gasteiger partial charge is 0.475 e. The highest BCUT2D eigenvalue weighted by Crippen LogP contribution is 2.34. The van der Waals surface area contributed by atoms with Gasteiger partial charge in [-0.15, -0.1) is 0 Å². The van der Waals surface area contributed by atoms with Crippen LogP contribution >= 0.6 is 0 Å². The number of nitrogens with one attached hydrogen (secondary N) is 1. The van der Waals surface area contributed by atoms with Crippen LogP contribution in [0.5, 0.6) is 5.88 Å². The summed E-state index contributed by atoms with van der Waals surface area (Å²) in [6, 6.07) is 13.3. The summed E-state index contributed by atoms with van der Waals surface area (Å²) < 4.78 is 36.0. The van der Waals surface area contributed by atoms with Gasteiger partial charge in [0.25, 0.3) is 15.9 Å². The number of aromatic nitrogens is 2. The number of benzene rings is 2. The van der Waals surface area contributed by atoms with E-state index in [0.29, 0.717) is 37.8 Å². The number of aliphatic hydroxyl groups is 1. The maximum atomic E-state index is 14.3. The van der Waals surface area contributed by atoms with Crippen molar-refractivity contribution >= 4 is 21.9 Å². The fraction of sp³-hybridized carbons (Fsp3) is 0.469. The van der Waals surface area contributed by atoms with E-state index in [1.165, 1.54) is 12.1 Å². The minimum absolute atomic E-state index is 0.0532. The molecule has 2 N–H and O–H groups in total. The second-order valence-electron chi connectivity index (χ2n) is 12.7. The molecule has 2 aliphatic rings. The van der Waals surface area contributed by atoms with Crippen LogP contribution in [0.3, 0.4) is 0 Å². The number of hydrogen-bond donors (Lipinski definition) is 2. The van der Waals surface area contributed by atoms with E-state index in [2.05, 4.69) is 35.5 Å². The fourth-order valence-corrected chi connectivity index (χ4v) is 7.10. The summed E-state index contributed by atoms with van der Waals surface area (Å²) in [6.07, 6.45) is 2.78. The van der Waals surface area contributed by atoms with Crippen molar-refractivity contribution in [2.75, 3.05) is 11.3 Å². The summed E-state index contributed by atoms with van der Waals surface area (Å²) in [6.45, 7) is 10.5. The summed E-state index contributed by atoms with van der Waals surface area (Å²) >= 11 is 0. The zero-order chi connectivity index (χ0) is 30.2. The van der Waals surface area contributed by atoms with Crippen LogP contribution in [-0.2, 0) is 10.0 Å². The Morgan fingerprint density at radius 2 is 1.67 bits per heavy atom. The molecule has 42 heavy (non-hydrogen) atoms. The molecule has 1 aromatic heterocycles. The normalized spacial score (nSPS) is 22.7. The van der Waals surface area contributed by atoms with Gasteiger partial charge in [-0.25, -0.2) is 18.1 Å². The number of anilines is 1. The quantitative estimate of drug-likeness (QED) is 0.412. The molecule has 10 heteroatoms. The summed E-state index contributed by atoms with van der Waals surface area (Å²) in [5.74, 6) is -0.136. The van der Waals surface area contributed by atoms with Gasteiger partial charge in [-0.3, -0.25) is 4.79 Å². The van der Waals surface area contributed by atoms with Gasteiger partial charge in [0.05, 0.1) is 22.7 Å². The Morgan fingerprint density at radius 1 is 1.00 bits per heavy atom. The van der Waals surface area contributed by atoms with E-state index in [9.17, 15) is 18.3 Å². The number of nitrogens with zero attached hydrogens (tertiary/aromatic N) is 3. The van der Waals surface area contributed by atoms with E-state index in [1.54, 1.807) is 18.2 Å². The molecule has 2 aromatic carbocycles. The summed E-state index contributed by atoms with van der Waals surface area (Å²) in [5, 5.41) is 10.2. The average molecular weight is 593 g/mol. The molecule has 0 saturated heterocycles. The van der Waals surface area contributed by atoms with E-state index in [4.69, 9.17) is 4.74 Å². The Morgan fingerprint density at radius 3 is 2.33 bits per heavy atom. The topological polar surface area (TPSA) is 122 Å². The van der Waals surface area contributed by atoms with Gasteiger partial charge in [-0.2, -0.15) is 4.98 Å². The SMILES string of the molecule is Cc1cccc(C)c1-c1cc2nc(n1)NS(=O)(=O)c1cccc(c1)C(=O)N(C1CCC(O)CC1)[C@H](CC(C)(C)C)CO2. The molecule has 4 bridgehead atoms. The number of ether oxygens (including phenoxy) is 1. The highest BCUT2D eigenvalue weighted by molar-refractivity contribution is 7.92. The molecule has 1 aliphatic heterocycles. The lowest BCUT2D eigenvalue weighted by Gasteiger charge is -2.42. The molecule has 1 atom stereocenters. The number of carbonyl (C=O) groups is 1. The maximum absolute atomic E-state index is 14.3. The highest BCUT2D eigenvalue weighted by atomic mass is 32.2. The van der Waals surface area contributed by atoms with Crippen molar-refractivity contribution < 1.29 is 23.1 Å². The lowest BCUT2D eigenvalue weighted by atomic mass is 9.85. The summed E-state index contributed by atoms with van der Waals surface area (Å²) in [5.41, 5.74) is 3.54. The van der Waals surface area contributed by atoms with Gasteiger partial charge in [-0.05, 0) is 80.7 Å². The van der Waals surface area contributed by atoms with E-state index in [1.807, 2.05) is 36.9 Å². The van der Waals surface area contributed by atoms with E-state index >= 15 is 0 Å². The van der Waals surface area contributed by atoms with Crippen molar-refractivity contribution in [1.29, 1.82) is 0 Å². The summed E-state index contributed by atoms with van der Waals surface area (Å²) in [4.78, 5) is 25.1. The van der Waals surface area contributed by atoms with Crippen molar-refractivity contribution in [2.24, 2.45) is 5.41 Å². The molecule has 224 valence electrons. The first-order valence-electron chi connectivity index (χ1n) is 14.5. The van der Waals surface area contributed by atoms with Crippen LogP contribution in [0, 0.1) is 19.3 Å². The second-order valence-corrected chi connectivity index (χ2v) is 14.4. The van der Waals surface area contributed by atoms with Crippen LogP contribution in [0.15, 0.2) is 53.4 Å². The van der Waals surface area contributed by atoms with Gasteiger partial charge >= 0.3 is 0 Å². The summed E-state index contributed by atoms with van der Waals surface area (Å²) in [7, 11) is -4.13. The first-order valence-corrected chi connectivity index (χ1v) is 16.0. The number of carbonyl (C=O) groups excluding carboxylic acids is 1. The molecule has 1 saturated carbocycles. The van der Waals surface area contributed by atoms with Crippen LogP contribution in [-0.4, -0.2) is 59.1 Å². The van der Waals surface area contributed by atoms with Crippen LogP contribution in [0.1, 0.15) is 74.4 Å². The van der Waals surface area contributed by atoms with Gasteiger partial charge in [0.1, 0.15) is 6.61 Å². The standard InChI is InChI=1S/C32H40N4O5S/c1-20-8-6-9-21(2)29(20)27-17-28-34-31(33-27)35-42(39,40)26-11-7-10-22(16-26)30(38)36(23-12-14-25(37)15-13-23)24(19-41-28)18-32(3,4)5/h6-11,16-17,23-25,37H,12-15,18-19H2,1-5H3,(H,33,34,35)/t23?,24-,25?/m1/s1. The Balaban J connectivity index is 1.67. The number of hydrogen-bond acceptors (Lipinski definition) is 7. The Kier molecular flexibility index (Phi) is 8.31. The van der Waals surface area contributed by atoms with Gasteiger partial charge in [0.2, 0.25) is 11.8 Å². The zero-order valence-corrected chi connectivity index (χ0v) is 25.7. The first-order chi connectivity index (χ1) is 19.8. The van der Waals surface area contributed by atoms with E-state index in [0.717, 1.165) is 16.7 Å². The Bertz CT molecular complexity index is 1560. The minimum Gasteiger partial charge on any atom is -0.475 e. The molecule has 5 rings (SSSR count). The lowest BCUT2D eigenvalue weighted by molar-refractivity contribution is 0.0194. The third kappa shape index (κ3) is 6.60. The number of rotatable bonds is 3. The number of aliphatic hydroxyl groups excluding tert-OH is 1. The van der Waals surface area contributed by atoms with Crippen LogP contribution in [0.4, 0.5) is 5.95 Å². The molecule has 0 spiro atoms. The van der Waals surface area contributed by atoms with Crippen molar-refractivity contribution in [3.8, 4) is 17.1 Å². The van der Waals surface area contributed by atoms with Crippen molar-refractivity contribution in [3.63, 3.8) is 0 Å². The van der Waals surface area contributed by atoms with Gasteiger partial charge < -0.3 is 14.7 Å². The molecular weight excluding hydrogens is 552 g/mol. The van der Waals surface area contributed by atoms with E-state index < -0.39 is 10.0 Å². The smallest absolute Gasteiger partial charge is 0.264 e. The zero-order valence-electron chi connectivity index (χ0n) is 24.9. The number of aryl methyl sites for hydroxylation is 2.